The van der Waals surface area contributed by atoms with Gasteiger partial charge in [0.1, 0.15) is 0 Å². The standard InChI is InChI=1S/C13H17N3O3/c1-15(13(19)16-8-6-14-7-9-16)11-4-2-10(3-5-11)12(17)18/h2-5,14H,6-9H2,1H3,(H,17,18). The second-order valence-electron chi connectivity index (χ2n) is 4.43. The van der Waals surface area contributed by atoms with Crippen LogP contribution >= 0.6 is 0 Å². The molecule has 6 heteroatoms. The fourth-order valence-electron chi connectivity index (χ4n) is 2.01. The summed E-state index contributed by atoms with van der Waals surface area (Å²) >= 11 is 0. The predicted molar refractivity (Wildman–Crippen MR) is 71.6 cm³/mol. The molecule has 2 N–H and O–H groups in total. The van der Waals surface area contributed by atoms with Crippen molar-refractivity contribution in [1.82, 2.24) is 10.2 Å². The molecule has 0 saturated carbocycles. The Kier molecular flexibility index (Phi) is 4.01. The molecule has 1 aliphatic heterocycles. The van der Waals surface area contributed by atoms with Crippen molar-refractivity contribution in [3.63, 3.8) is 0 Å². The monoisotopic (exact) mass is 263 g/mol. The van der Waals surface area contributed by atoms with Crippen molar-refractivity contribution in [1.29, 1.82) is 0 Å². The summed E-state index contributed by atoms with van der Waals surface area (Å²) in [6.45, 7) is 2.99. The number of rotatable bonds is 2. The number of carboxylic acid groups (broad SMARTS) is 1. The summed E-state index contributed by atoms with van der Waals surface area (Å²) in [6, 6.07) is 6.22. The van der Waals surface area contributed by atoms with E-state index in [9.17, 15) is 9.59 Å². The first-order chi connectivity index (χ1) is 9.09. The van der Waals surface area contributed by atoms with Gasteiger partial charge in [0.25, 0.3) is 0 Å². The van der Waals surface area contributed by atoms with Gasteiger partial charge >= 0.3 is 12.0 Å². The summed E-state index contributed by atoms with van der Waals surface area (Å²) in [4.78, 5) is 26.3. The van der Waals surface area contributed by atoms with E-state index in [0.717, 1.165) is 13.1 Å². The molecule has 1 heterocycles. The van der Waals surface area contributed by atoms with E-state index < -0.39 is 5.97 Å². The Bertz CT molecular complexity index is 467. The molecule has 1 aromatic carbocycles. The normalized spacial score (nSPS) is 15.1. The molecule has 0 aromatic heterocycles. The highest BCUT2D eigenvalue weighted by Crippen LogP contribution is 2.15. The summed E-state index contributed by atoms with van der Waals surface area (Å²) in [7, 11) is 1.69. The molecule has 0 unspecified atom stereocenters. The predicted octanol–water partition coefficient (Wildman–Crippen LogP) is 0.846. The SMILES string of the molecule is CN(C(=O)N1CCNCC1)c1ccc(C(=O)O)cc1. The van der Waals surface area contributed by atoms with Gasteiger partial charge in [-0.05, 0) is 24.3 Å². The van der Waals surface area contributed by atoms with Gasteiger partial charge in [-0.25, -0.2) is 9.59 Å². The molecule has 0 atom stereocenters. The van der Waals surface area contributed by atoms with E-state index in [1.807, 2.05) is 0 Å². The Morgan fingerprint density at radius 1 is 1.21 bits per heavy atom. The lowest BCUT2D eigenvalue weighted by Gasteiger charge is -2.31. The van der Waals surface area contributed by atoms with E-state index in [1.54, 1.807) is 24.1 Å². The van der Waals surface area contributed by atoms with Gasteiger partial charge in [0.2, 0.25) is 0 Å². The number of carbonyl (C=O) groups is 2. The fraction of sp³-hybridized carbons (Fsp3) is 0.385. The second kappa shape index (κ2) is 5.71. The van der Waals surface area contributed by atoms with Crippen LogP contribution in [0.2, 0.25) is 0 Å². The maximum Gasteiger partial charge on any atom is 0.335 e. The first-order valence-corrected chi connectivity index (χ1v) is 6.16. The Balaban J connectivity index is 2.07. The Morgan fingerprint density at radius 2 is 1.79 bits per heavy atom. The highest BCUT2D eigenvalue weighted by molar-refractivity contribution is 5.93. The fourth-order valence-corrected chi connectivity index (χ4v) is 2.01. The van der Waals surface area contributed by atoms with Crippen LogP contribution in [0, 0.1) is 0 Å². The van der Waals surface area contributed by atoms with Crippen LogP contribution in [0.5, 0.6) is 0 Å². The average molecular weight is 263 g/mol. The molecule has 2 rings (SSSR count). The molecule has 1 fully saturated rings. The van der Waals surface area contributed by atoms with E-state index in [2.05, 4.69) is 5.32 Å². The first kappa shape index (κ1) is 13.4. The van der Waals surface area contributed by atoms with Crippen LogP contribution in [-0.4, -0.2) is 55.2 Å². The summed E-state index contributed by atoms with van der Waals surface area (Å²) in [5, 5.41) is 12.0. The Morgan fingerprint density at radius 3 is 2.32 bits per heavy atom. The second-order valence-corrected chi connectivity index (χ2v) is 4.43. The van der Waals surface area contributed by atoms with Gasteiger partial charge in [0, 0.05) is 38.9 Å². The molecule has 6 nitrogen and oxygen atoms in total. The molecule has 0 radical (unpaired) electrons. The molecule has 1 saturated heterocycles. The van der Waals surface area contributed by atoms with Crippen molar-refractivity contribution >= 4 is 17.7 Å². The van der Waals surface area contributed by atoms with E-state index in [4.69, 9.17) is 5.11 Å². The van der Waals surface area contributed by atoms with Crippen LogP contribution in [0.3, 0.4) is 0 Å². The minimum Gasteiger partial charge on any atom is -0.478 e. The number of amides is 2. The number of anilines is 1. The average Bonchev–Trinajstić information content (AvgIpc) is 2.46. The number of aromatic carboxylic acids is 1. The minimum absolute atomic E-state index is 0.0652. The minimum atomic E-state index is -0.970. The summed E-state index contributed by atoms with van der Waals surface area (Å²) in [5.41, 5.74) is 0.903. The van der Waals surface area contributed by atoms with Crippen LogP contribution in [0.1, 0.15) is 10.4 Å². The topological polar surface area (TPSA) is 72.9 Å². The maximum atomic E-state index is 12.2. The molecule has 19 heavy (non-hydrogen) atoms. The molecule has 1 aliphatic rings. The third kappa shape index (κ3) is 3.03. The number of carbonyl (C=O) groups excluding carboxylic acids is 1. The number of hydrogen-bond donors (Lipinski definition) is 2. The lowest BCUT2D eigenvalue weighted by atomic mass is 10.2. The lowest BCUT2D eigenvalue weighted by molar-refractivity contribution is 0.0697. The number of nitrogens with one attached hydrogen (secondary N) is 1. The van der Waals surface area contributed by atoms with E-state index >= 15 is 0 Å². The van der Waals surface area contributed by atoms with E-state index in [1.165, 1.54) is 17.0 Å². The zero-order chi connectivity index (χ0) is 13.8. The molecular weight excluding hydrogens is 246 g/mol. The van der Waals surface area contributed by atoms with Crippen LogP contribution in [0.15, 0.2) is 24.3 Å². The first-order valence-electron chi connectivity index (χ1n) is 6.16. The van der Waals surface area contributed by atoms with Gasteiger partial charge < -0.3 is 15.3 Å². The molecule has 0 aliphatic carbocycles. The molecule has 1 aromatic rings. The van der Waals surface area contributed by atoms with Gasteiger partial charge in [0.15, 0.2) is 0 Å². The zero-order valence-corrected chi connectivity index (χ0v) is 10.8. The lowest BCUT2D eigenvalue weighted by Crippen LogP contribution is -2.50. The highest BCUT2D eigenvalue weighted by atomic mass is 16.4. The van der Waals surface area contributed by atoms with Gasteiger partial charge in [-0.3, -0.25) is 4.90 Å². The van der Waals surface area contributed by atoms with E-state index in [0.29, 0.717) is 18.8 Å². The molecular formula is C13H17N3O3. The summed E-state index contributed by atoms with van der Waals surface area (Å²) in [5.74, 6) is -0.970. The Hall–Kier alpha value is -2.08. The maximum absolute atomic E-state index is 12.2. The van der Waals surface area contributed by atoms with Gasteiger partial charge in [-0.2, -0.15) is 0 Å². The number of nitrogens with zero attached hydrogens (tertiary/aromatic N) is 2. The van der Waals surface area contributed by atoms with Crippen molar-refractivity contribution < 1.29 is 14.7 Å². The number of urea groups is 1. The zero-order valence-electron chi connectivity index (χ0n) is 10.8. The van der Waals surface area contributed by atoms with Crippen LogP contribution < -0.4 is 10.2 Å². The molecule has 102 valence electrons. The van der Waals surface area contributed by atoms with Crippen molar-refractivity contribution in [2.45, 2.75) is 0 Å². The third-order valence-corrected chi connectivity index (χ3v) is 3.18. The molecule has 2 amide bonds. The Labute approximate surface area is 111 Å². The van der Waals surface area contributed by atoms with Crippen molar-refractivity contribution in [2.24, 2.45) is 0 Å². The van der Waals surface area contributed by atoms with E-state index in [-0.39, 0.29) is 11.6 Å². The third-order valence-electron chi connectivity index (χ3n) is 3.18. The summed E-state index contributed by atoms with van der Waals surface area (Å²) < 4.78 is 0. The van der Waals surface area contributed by atoms with Crippen LogP contribution in [-0.2, 0) is 0 Å². The largest absolute Gasteiger partial charge is 0.478 e. The smallest absolute Gasteiger partial charge is 0.335 e. The quantitative estimate of drug-likeness (QED) is 0.829. The van der Waals surface area contributed by atoms with Crippen molar-refractivity contribution in [3.05, 3.63) is 29.8 Å². The number of hydrogen-bond acceptors (Lipinski definition) is 3. The molecule has 0 spiro atoms. The van der Waals surface area contributed by atoms with Crippen molar-refractivity contribution in [3.8, 4) is 0 Å². The van der Waals surface area contributed by atoms with Gasteiger partial charge in [-0.15, -0.1) is 0 Å². The van der Waals surface area contributed by atoms with Crippen molar-refractivity contribution in [2.75, 3.05) is 38.1 Å². The molecule has 0 bridgehead atoms. The number of piperazine rings is 1. The highest BCUT2D eigenvalue weighted by Gasteiger charge is 2.20. The van der Waals surface area contributed by atoms with Crippen LogP contribution in [0.4, 0.5) is 10.5 Å². The summed E-state index contributed by atoms with van der Waals surface area (Å²) in [6.07, 6.45) is 0. The van der Waals surface area contributed by atoms with Gasteiger partial charge in [-0.1, -0.05) is 0 Å². The number of benzene rings is 1. The van der Waals surface area contributed by atoms with Crippen LogP contribution in [0.25, 0.3) is 0 Å². The van der Waals surface area contributed by atoms with Gasteiger partial charge in [0.05, 0.1) is 5.56 Å². The number of carboxylic acids is 1.